The van der Waals surface area contributed by atoms with Crippen LogP contribution in [-0.2, 0) is 20.6 Å². The van der Waals surface area contributed by atoms with E-state index >= 15 is 0 Å². The monoisotopic (exact) mass is 530 g/mol. The molecule has 1 N–H and O–H groups in total. The minimum absolute atomic E-state index is 0.145. The van der Waals surface area contributed by atoms with Crippen molar-refractivity contribution in [2.75, 3.05) is 13.1 Å². The highest BCUT2D eigenvalue weighted by Gasteiger charge is 2.33. The zero-order valence-electron chi connectivity index (χ0n) is 19.5. The van der Waals surface area contributed by atoms with E-state index in [0.717, 1.165) is 16.7 Å². The summed E-state index contributed by atoms with van der Waals surface area (Å²) in [6.45, 7) is 2.58. The standard InChI is InChI=1S/C27H28Cl2N2O3S/c1-19-9-12-22(13-10-19)26(21-6-3-2-4-7-21)30-27(32)23-8-5-15-31(17-23)35(33,34)18-20-11-14-24(28)25(29)16-20/h2-4,6-7,9-14,16,23,26H,5,8,15,17-18H2,1H3,(H,30,32)/t23-,26-/m1/s1. The predicted octanol–water partition coefficient (Wildman–Crippen LogP) is 5.75. The van der Waals surface area contributed by atoms with Crippen molar-refractivity contribution in [2.45, 2.75) is 31.6 Å². The van der Waals surface area contributed by atoms with Gasteiger partial charge in [0.15, 0.2) is 0 Å². The van der Waals surface area contributed by atoms with Crippen molar-refractivity contribution in [3.8, 4) is 0 Å². The van der Waals surface area contributed by atoms with Gasteiger partial charge in [-0.25, -0.2) is 12.7 Å². The zero-order chi connectivity index (χ0) is 25.0. The highest BCUT2D eigenvalue weighted by Crippen LogP contribution is 2.28. The van der Waals surface area contributed by atoms with E-state index < -0.39 is 15.9 Å². The molecule has 5 nitrogen and oxygen atoms in total. The van der Waals surface area contributed by atoms with E-state index in [1.165, 1.54) is 4.31 Å². The maximum atomic E-state index is 13.4. The molecule has 35 heavy (non-hydrogen) atoms. The molecule has 1 heterocycles. The van der Waals surface area contributed by atoms with Crippen LogP contribution in [0.4, 0.5) is 0 Å². The summed E-state index contributed by atoms with van der Waals surface area (Å²) in [4.78, 5) is 13.4. The molecule has 0 saturated carbocycles. The van der Waals surface area contributed by atoms with Crippen LogP contribution >= 0.6 is 23.2 Å². The van der Waals surface area contributed by atoms with Gasteiger partial charge in [0.1, 0.15) is 0 Å². The number of nitrogens with one attached hydrogen (secondary N) is 1. The van der Waals surface area contributed by atoms with Gasteiger partial charge in [0, 0.05) is 13.1 Å². The molecule has 0 aromatic heterocycles. The highest BCUT2D eigenvalue weighted by molar-refractivity contribution is 7.88. The van der Waals surface area contributed by atoms with Crippen LogP contribution in [0.1, 0.15) is 41.1 Å². The van der Waals surface area contributed by atoms with Crippen LogP contribution in [0.3, 0.4) is 0 Å². The number of aryl methyl sites for hydroxylation is 1. The molecule has 3 aromatic carbocycles. The molecule has 0 spiro atoms. The van der Waals surface area contributed by atoms with Crippen molar-refractivity contribution in [1.29, 1.82) is 0 Å². The van der Waals surface area contributed by atoms with Crippen LogP contribution in [0.15, 0.2) is 72.8 Å². The van der Waals surface area contributed by atoms with Crippen LogP contribution < -0.4 is 5.32 Å². The van der Waals surface area contributed by atoms with Crippen molar-refractivity contribution in [2.24, 2.45) is 5.92 Å². The number of piperidine rings is 1. The fourth-order valence-electron chi connectivity index (χ4n) is 4.36. The molecule has 0 aliphatic carbocycles. The van der Waals surface area contributed by atoms with Crippen LogP contribution in [0, 0.1) is 12.8 Å². The Hall–Kier alpha value is -2.38. The second-order valence-corrected chi connectivity index (χ2v) is 11.7. The number of halogens is 2. The number of sulfonamides is 1. The molecular weight excluding hydrogens is 503 g/mol. The van der Waals surface area contributed by atoms with Gasteiger partial charge >= 0.3 is 0 Å². The van der Waals surface area contributed by atoms with E-state index in [4.69, 9.17) is 23.2 Å². The molecule has 4 rings (SSSR count). The first-order valence-electron chi connectivity index (χ1n) is 11.6. The summed E-state index contributed by atoms with van der Waals surface area (Å²) in [5, 5.41) is 3.88. The average molecular weight is 532 g/mol. The molecule has 0 unspecified atom stereocenters. The normalized spacial score (nSPS) is 17.6. The lowest BCUT2D eigenvalue weighted by Gasteiger charge is -2.32. The first-order chi connectivity index (χ1) is 16.7. The lowest BCUT2D eigenvalue weighted by molar-refractivity contribution is -0.126. The van der Waals surface area contributed by atoms with Gasteiger partial charge in [-0.1, -0.05) is 89.4 Å². The largest absolute Gasteiger partial charge is 0.345 e. The lowest BCUT2D eigenvalue weighted by Crippen LogP contribution is -2.46. The van der Waals surface area contributed by atoms with Gasteiger partial charge in [0.05, 0.1) is 27.8 Å². The van der Waals surface area contributed by atoms with E-state index in [-0.39, 0.29) is 24.2 Å². The van der Waals surface area contributed by atoms with Crippen molar-refractivity contribution in [3.05, 3.63) is 105 Å². The second-order valence-electron chi connectivity index (χ2n) is 8.96. The van der Waals surface area contributed by atoms with Crippen LogP contribution in [0.5, 0.6) is 0 Å². The molecular formula is C27H28Cl2N2O3S. The summed E-state index contributed by atoms with van der Waals surface area (Å²) >= 11 is 12.0. The number of carbonyl (C=O) groups excluding carboxylic acids is 1. The van der Waals surface area contributed by atoms with E-state index in [9.17, 15) is 13.2 Å². The molecule has 1 saturated heterocycles. The summed E-state index contributed by atoms with van der Waals surface area (Å²) in [6, 6.07) is 22.4. The fourth-order valence-corrected chi connectivity index (χ4v) is 6.28. The van der Waals surface area contributed by atoms with Crippen molar-refractivity contribution in [3.63, 3.8) is 0 Å². The Balaban J connectivity index is 1.49. The third kappa shape index (κ3) is 6.44. The number of carbonyl (C=O) groups is 1. The first kappa shape index (κ1) is 25.7. The Bertz CT molecular complexity index is 1280. The van der Waals surface area contributed by atoms with Gasteiger partial charge in [-0.15, -0.1) is 0 Å². The van der Waals surface area contributed by atoms with Gasteiger partial charge in [-0.3, -0.25) is 4.79 Å². The molecule has 3 aromatic rings. The number of benzene rings is 3. The van der Waals surface area contributed by atoms with Crippen molar-refractivity contribution in [1.82, 2.24) is 9.62 Å². The summed E-state index contributed by atoms with van der Waals surface area (Å²) in [5.74, 6) is -0.758. The van der Waals surface area contributed by atoms with Crippen LogP contribution in [-0.4, -0.2) is 31.7 Å². The molecule has 1 aliphatic heterocycles. The van der Waals surface area contributed by atoms with Crippen LogP contribution in [0.2, 0.25) is 10.0 Å². The Morgan fingerprint density at radius 1 is 1.00 bits per heavy atom. The Morgan fingerprint density at radius 2 is 1.69 bits per heavy atom. The third-order valence-electron chi connectivity index (χ3n) is 6.31. The van der Waals surface area contributed by atoms with Crippen molar-refractivity contribution >= 4 is 39.1 Å². The van der Waals surface area contributed by atoms with E-state index in [1.54, 1.807) is 18.2 Å². The van der Waals surface area contributed by atoms with Gasteiger partial charge < -0.3 is 5.32 Å². The average Bonchev–Trinajstić information content (AvgIpc) is 2.86. The molecule has 1 amide bonds. The summed E-state index contributed by atoms with van der Waals surface area (Å²) in [5.41, 5.74) is 3.66. The Labute approximate surface area is 217 Å². The van der Waals surface area contributed by atoms with E-state index in [2.05, 4.69) is 5.32 Å². The maximum absolute atomic E-state index is 13.4. The van der Waals surface area contributed by atoms with Crippen LogP contribution in [0.25, 0.3) is 0 Å². The van der Waals surface area contributed by atoms with Gasteiger partial charge in [0.25, 0.3) is 0 Å². The number of rotatable bonds is 7. The maximum Gasteiger partial charge on any atom is 0.225 e. The third-order valence-corrected chi connectivity index (χ3v) is 8.87. The fraction of sp³-hybridized carbons (Fsp3) is 0.296. The highest BCUT2D eigenvalue weighted by atomic mass is 35.5. The molecule has 0 bridgehead atoms. The minimum atomic E-state index is -3.62. The van der Waals surface area contributed by atoms with Gasteiger partial charge in [-0.05, 0) is 48.6 Å². The molecule has 1 fully saturated rings. The number of hydrogen-bond donors (Lipinski definition) is 1. The molecule has 184 valence electrons. The summed E-state index contributed by atoms with van der Waals surface area (Å²) in [6.07, 6.45) is 1.26. The number of hydrogen-bond acceptors (Lipinski definition) is 3. The van der Waals surface area contributed by atoms with Gasteiger partial charge in [0.2, 0.25) is 15.9 Å². The SMILES string of the molecule is Cc1ccc([C@H](NC(=O)[C@@H]2CCCN(S(=O)(=O)Cc3ccc(Cl)c(Cl)c3)C2)c2ccccc2)cc1. The number of nitrogens with zero attached hydrogens (tertiary/aromatic N) is 1. The Morgan fingerprint density at radius 3 is 2.37 bits per heavy atom. The zero-order valence-corrected chi connectivity index (χ0v) is 21.8. The Kier molecular flexibility index (Phi) is 8.17. The predicted molar refractivity (Wildman–Crippen MR) is 141 cm³/mol. The molecule has 0 radical (unpaired) electrons. The first-order valence-corrected chi connectivity index (χ1v) is 13.9. The lowest BCUT2D eigenvalue weighted by atomic mass is 9.94. The minimum Gasteiger partial charge on any atom is -0.345 e. The molecule has 2 atom stereocenters. The van der Waals surface area contributed by atoms with E-state index in [0.29, 0.717) is 35.0 Å². The quantitative estimate of drug-likeness (QED) is 0.422. The summed E-state index contributed by atoms with van der Waals surface area (Å²) < 4.78 is 27.7. The van der Waals surface area contributed by atoms with Gasteiger partial charge in [-0.2, -0.15) is 0 Å². The second kappa shape index (κ2) is 11.1. The van der Waals surface area contributed by atoms with E-state index in [1.807, 2.05) is 61.5 Å². The molecule has 8 heteroatoms. The smallest absolute Gasteiger partial charge is 0.225 e. The summed E-state index contributed by atoms with van der Waals surface area (Å²) in [7, 11) is -3.62. The number of amides is 1. The van der Waals surface area contributed by atoms with Crippen molar-refractivity contribution < 1.29 is 13.2 Å². The molecule has 1 aliphatic rings. The topological polar surface area (TPSA) is 66.5 Å².